The van der Waals surface area contributed by atoms with Crippen molar-refractivity contribution in [3.63, 3.8) is 0 Å². The molecule has 0 spiro atoms. The minimum absolute atomic E-state index is 0.700. The molecular weight excluding hydrogens is 352 g/mol. The van der Waals surface area contributed by atoms with Crippen LogP contribution in [-0.2, 0) is 12.2 Å². The first-order valence-corrected chi connectivity index (χ1v) is 10.7. The lowest BCUT2D eigenvalue weighted by molar-refractivity contribution is 0.318. The molecular formula is C22H28N4S. The fraction of sp³-hybridized carbons (Fsp3) is 0.409. The summed E-state index contributed by atoms with van der Waals surface area (Å²) >= 11 is 1.79. The van der Waals surface area contributed by atoms with Crippen molar-refractivity contribution < 1.29 is 0 Å². The average Bonchev–Trinajstić information content (AvgIpc) is 3.08. The molecule has 2 aromatic carbocycles. The minimum atomic E-state index is 0.700. The van der Waals surface area contributed by atoms with Gasteiger partial charge < -0.3 is 14.8 Å². The van der Waals surface area contributed by atoms with Crippen LogP contribution in [0.3, 0.4) is 0 Å². The van der Waals surface area contributed by atoms with Crippen molar-refractivity contribution in [2.75, 3.05) is 38.6 Å². The van der Waals surface area contributed by atoms with Gasteiger partial charge in [-0.25, -0.2) is 4.98 Å². The van der Waals surface area contributed by atoms with Crippen LogP contribution in [0.2, 0.25) is 0 Å². The summed E-state index contributed by atoms with van der Waals surface area (Å²) in [6.45, 7) is 5.62. The molecule has 1 aliphatic rings. The highest BCUT2D eigenvalue weighted by Gasteiger charge is 2.26. The lowest BCUT2D eigenvalue weighted by Gasteiger charge is -2.38. The molecule has 3 aromatic rings. The predicted octanol–water partition coefficient (Wildman–Crippen LogP) is 4.42. The van der Waals surface area contributed by atoms with Crippen LogP contribution in [0.4, 0.5) is 5.69 Å². The van der Waals surface area contributed by atoms with Gasteiger partial charge in [-0.2, -0.15) is 0 Å². The van der Waals surface area contributed by atoms with Crippen LogP contribution in [0.1, 0.15) is 18.1 Å². The van der Waals surface area contributed by atoms with Gasteiger partial charge in [0.1, 0.15) is 0 Å². The van der Waals surface area contributed by atoms with E-state index in [2.05, 4.69) is 66.1 Å². The molecule has 1 N–H and O–H groups in total. The Morgan fingerprint density at radius 2 is 2.04 bits per heavy atom. The van der Waals surface area contributed by atoms with Gasteiger partial charge in [-0.3, -0.25) is 0 Å². The van der Waals surface area contributed by atoms with E-state index in [-0.39, 0.29) is 0 Å². The number of nitrogens with zero attached hydrogens (tertiary/aromatic N) is 3. The number of rotatable bonds is 6. The van der Waals surface area contributed by atoms with E-state index in [1.54, 1.807) is 11.8 Å². The SMILES string of the molecule is CCN1CC(CN(C)C)Cc2cccc(CSc3nc4ccccc4[nH]3)c21. The zero-order valence-corrected chi connectivity index (χ0v) is 17.2. The summed E-state index contributed by atoms with van der Waals surface area (Å²) in [6.07, 6.45) is 1.17. The molecule has 0 radical (unpaired) electrons. The lowest BCUT2D eigenvalue weighted by Crippen LogP contribution is -2.40. The molecule has 5 heteroatoms. The van der Waals surface area contributed by atoms with Crippen molar-refractivity contribution >= 4 is 28.5 Å². The summed E-state index contributed by atoms with van der Waals surface area (Å²) in [7, 11) is 4.35. The highest BCUT2D eigenvalue weighted by atomic mass is 32.2. The first-order chi connectivity index (χ1) is 13.1. The molecule has 0 fully saturated rings. The number of aromatic nitrogens is 2. The van der Waals surface area contributed by atoms with Crippen LogP contribution in [0.5, 0.6) is 0 Å². The number of imidazole rings is 1. The van der Waals surface area contributed by atoms with E-state index in [1.807, 2.05) is 12.1 Å². The Morgan fingerprint density at radius 1 is 1.19 bits per heavy atom. The Hall–Kier alpha value is -1.98. The normalized spacial score (nSPS) is 16.9. The van der Waals surface area contributed by atoms with E-state index in [0.29, 0.717) is 5.92 Å². The molecule has 1 aliphatic heterocycles. The van der Waals surface area contributed by atoms with Gasteiger partial charge in [0, 0.05) is 31.1 Å². The number of nitrogens with one attached hydrogen (secondary N) is 1. The van der Waals surface area contributed by atoms with Crippen molar-refractivity contribution in [3.05, 3.63) is 53.6 Å². The summed E-state index contributed by atoms with van der Waals surface area (Å²) in [5.41, 5.74) is 6.52. The number of hydrogen-bond donors (Lipinski definition) is 1. The number of thioether (sulfide) groups is 1. The Bertz CT molecular complexity index is 885. The number of fused-ring (bicyclic) bond motifs is 2. The number of hydrogen-bond acceptors (Lipinski definition) is 4. The van der Waals surface area contributed by atoms with E-state index in [9.17, 15) is 0 Å². The average molecular weight is 381 g/mol. The van der Waals surface area contributed by atoms with Gasteiger partial charge in [0.05, 0.1) is 11.0 Å². The Balaban J connectivity index is 1.55. The van der Waals surface area contributed by atoms with Gasteiger partial charge in [0.25, 0.3) is 0 Å². The fourth-order valence-corrected chi connectivity index (χ4v) is 5.05. The molecule has 0 aliphatic carbocycles. The second kappa shape index (κ2) is 7.95. The fourth-order valence-electron chi connectivity index (χ4n) is 4.18. The first kappa shape index (κ1) is 18.4. The Labute approximate surface area is 166 Å². The van der Waals surface area contributed by atoms with Crippen molar-refractivity contribution in [3.8, 4) is 0 Å². The summed E-state index contributed by atoms with van der Waals surface area (Å²) in [5, 5.41) is 0.998. The highest BCUT2D eigenvalue weighted by molar-refractivity contribution is 7.98. The number of H-pyrrole nitrogens is 1. The molecule has 142 valence electrons. The predicted molar refractivity (Wildman–Crippen MR) is 116 cm³/mol. The second-order valence-electron chi connectivity index (χ2n) is 7.64. The van der Waals surface area contributed by atoms with Crippen LogP contribution in [-0.4, -0.2) is 48.6 Å². The highest BCUT2D eigenvalue weighted by Crippen LogP contribution is 2.36. The van der Waals surface area contributed by atoms with E-state index in [4.69, 9.17) is 4.98 Å². The standard InChI is InChI=1S/C22H28N4S/c1-4-26-14-16(13-25(2)3)12-17-8-7-9-18(21(17)26)15-27-22-23-19-10-5-6-11-20(19)24-22/h5-11,16H,4,12-15H2,1-3H3,(H,23,24). The molecule has 0 saturated carbocycles. The van der Waals surface area contributed by atoms with Gasteiger partial charge in [-0.15, -0.1) is 0 Å². The summed E-state index contributed by atoms with van der Waals surface area (Å²) in [4.78, 5) is 13.0. The maximum atomic E-state index is 4.71. The molecule has 1 atom stereocenters. The smallest absolute Gasteiger partial charge is 0.166 e. The maximum Gasteiger partial charge on any atom is 0.166 e. The van der Waals surface area contributed by atoms with E-state index < -0.39 is 0 Å². The number of anilines is 1. The number of para-hydroxylation sites is 3. The van der Waals surface area contributed by atoms with E-state index >= 15 is 0 Å². The van der Waals surface area contributed by atoms with Crippen LogP contribution in [0.15, 0.2) is 47.6 Å². The van der Waals surface area contributed by atoms with Crippen molar-refractivity contribution in [1.29, 1.82) is 0 Å². The first-order valence-electron chi connectivity index (χ1n) is 9.72. The van der Waals surface area contributed by atoms with Gasteiger partial charge >= 0.3 is 0 Å². The molecule has 4 nitrogen and oxygen atoms in total. The molecule has 1 unspecified atom stereocenters. The maximum absolute atomic E-state index is 4.71. The molecule has 2 heterocycles. The van der Waals surface area contributed by atoms with Crippen LogP contribution >= 0.6 is 11.8 Å². The zero-order chi connectivity index (χ0) is 18.8. The third-order valence-electron chi connectivity index (χ3n) is 5.24. The van der Waals surface area contributed by atoms with Crippen LogP contribution < -0.4 is 4.90 Å². The minimum Gasteiger partial charge on any atom is -0.371 e. The molecule has 0 amide bonds. The molecule has 0 bridgehead atoms. The quantitative estimate of drug-likeness (QED) is 0.642. The Morgan fingerprint density at radius 3 is 2.81 bits per heavy atom. The number of aromatic amines is 1. The van der Waals surface area contributed by atoms with Gasteiger partial charge in [-0.1, -0.05) is 42.1 Å². The Kier molecular flexibility index (Phi) is 5.41. The van der Waals surface area contributed by atoms with Crippen molar-refractivity contribution in [2.45, 2.75) is 24.3 Å². The zero-order valence-electron chi connectivity index (χ0n) is 16.4. The molecule has 0 saturated heterocycles. The lowest BCUT2D eigenvalue weighted by atomic mass is 9.90. The van der Waals surface area contributed by atoms with Crippen molar-refractivity contribution in [2.24, 2.45) is 5.92 Å². The molecule has 4 rings (SSSR count). The van der Waals surface area contributed by atoms with E-state index in [0.717, 1.165) is 41.6 Å². The third kappa shape index (κ3) is 3.99. The molecule has 27 heavy (non-hydrogen) atoms. The third-order valence-corrected chi connectivity index (χ3v) is 6.17. The summed E-state index contributed by atoms with van der Waals surface area (Å²) in [6, 6.07) is 15.0. The largest absolute Gasteiger partial charge is 0.371 e. The number of benzene rings is 2. The van der Waals surface area contributed by atoms with Gasteiger partial charge in [0.2, 0.25) is 0 Å². The monoisotopic (exact) mass is 380 g/mol. The van der Waals surface area contributed by atoms with Gasteiger partial charge in [-0.05, 0) is 56.6 Å². The summed E-state index contributed by atoms with van der Waals surface area (Å²) < 4.78 is 0. The molecule has 1 aromatic heterocycles. The van der Waals surface area contributed by atoms with Crippen molar-refractivity contribution in [1.82, 2.24) is 14.9 Å². The van der Waals surface area contributed by atoms with Crippen LogP contribution in [0, 0.1) is 5.92 Å². The topological polar surface area (TPSA) is 35.2 Å². The summed E-state index contributed by atoms with van der Waals surface area (Å²) in [5.74, 6) is 1.64. The van der Waals surface area contributed by atoms with E-state index in [1.165, 1.54) is 23.2 Å². The van der Waals surface area contributed by atoms with Gasteiger partial charge in [0.15, 0.2) is 5.16 Å². The second-order valence-corrected chi connectivity index (χ2v) is 8.61. The van der Waals surface area contributed by atoms with Crippen LogP contribution in [0.25, 0.3) is 11.0 Å².